The molecule has 1 fully saturated rings. The van der Waals surface area contributed by atoms with Gasteiger partial charge in [-0.3, -0.25) is 29.3 Å². The summed E-state index contributed by atoms with van der Waals surface area (Å²) in [4.78, 5) is 81.6. The minimum Gasteiger partial charge on any atom is -0.480 e. The van der Waals surface area contributed by atoms with E-state index in [9.17, 15) is 33.9 Å². The summed E-state index contributed by atoms with van der Waals surface area (Å²) in [7, 11) is 0. The van der Waals surface area contributed by atoms with Gasteiger partial charge >= 0.3 is 5.97 Å². The second-order valence-corrected chi connectivity index (χ2v) is 14.9. The highest BCUT2D eigenvalue weighted by Gasteiger charge is 2.38. The monoisotopic (exact) mass is 792 g/mol. The number of nitrogens with two attached hydrogens (primary N) is 2. The first-order chi connectivity index (χ1) is 27.4. The zero-order valence-corrected chi connectivity index (χ0v) is 33.7. The van der Waals surface area contributed by atoms with Gasteiger partial charge in [0, 0.05) is 19.4 Å². The Labute approximate surface area is 336 Å². The van der Waals surface area contributed by atoms with Gasteiger partial charge in [-0.1, -0.05) is 107 Å². The molecule has 0 aliphatic carbocycles. The van der Waals surface area contributed by atoms with Crippen molar-refractivity contribution in [3.63, 3.8) is 0 Å². The molecule has 0 saturated carbocycles. The van der Waals surface area contributed by atoms with E-state index < -0.39 is 65.8 Å². The predicted octanol–water partition coefficient (Wildman–Crippen LogP) is 1.73. The summed E-state index contributed by atoms with van der Waals surface area (Å²) in [6.07, 6.45) is 5.59. The Bertz CT molecular complexity index is 1580. The van der Waals surface area contributed by atoms with Crippen molar-refractivity contribution in [1.29, 1.82) is 0 Å². The Morgan fingerprint density at radius 2 is 1.42 bits per heavy atom. The SMILES string of the molecule is CCCC[C@H](N)C(=O)N[C@@H](Cc1ccccc1)C(=O)N[C@H](C(=O)NCN[C@@H](CCCCN)C(=O)N1CCC[C@H]1C(=O)N[C@@H](Cc1ccccc1)C(=O)O)[C@@H](C)CC. The second kappa shape index (κ2) is 24.7. The molecule has 1 saturated heterocycles. The molecular formula is C42H64N8O7. The smallest absolute Gasteiger partial charge is 0.326 e. The van der Waals surface area contributed by atoms with Crippen LogP contribution < -0.4 is 38.1 Å². The van der Waals surface area contributed by atoms with Gasteiger partial charge in [-0.2, -0.15) is 0 Å². The van der Waals surface area contributed by atoms with E-state index in [4.69, 9.17) is 11.5 Å². The van der Waals surface area contributed by atoms with Crippen molar-refractivity contribution in [3.8, 4) is 0 Å². The third-order valence-corrected chi connectivity index (χ3v) is 10.5. The molecule has 0 bridgehead atoms. The molecule has 314 valence electrons. The van der Waals surface area contributed by atoms with Crippen molar-refractivity contribution in [2.45, 2.75) is 128 Å². The number of rotatable bonds is 25. The number of hydrogen-bond donors (Lipinski definition) is 8. The summed E-state index contributed by atoms with van der Waals surface area (Å²) in [6.45, 7) is 6.39. The summed E-state index contributed by atoms with van der Waals surface area (Å²) < 4.78 is 0. The number of nitrogens with one attached hydrogen (secondary N) is 5. The predicted molar refractivity (Wildman–Crippen MR) is 218 cm³/mol. The van der Waals surface area contributed by atoms with Crippen molar-refractivity contribution < 1.29 is 33.9 Å². The standard InChI is InChI=1S/C42H64N8O7/c1-4-6-20-31(44)37(51)47-33(25-29-16-9-7-10-17-29)38(52)49-36(28(3)5-2)40(54)46-27-45-32(21-13-14-23-43)41(55)50-24-15-22-35(50)39(53)48-34(42(56)57)26-30-18-11-8-12-19-30/h7-12,16-19,28,31-36,45H,4-6,13-15,20-27,43-44H2,1-3H3,(H,46,54)(H,47,51)(H,48,53)(H,49,52)(H,56,57)/t28-,31-,32-,33-,34-,35-,36-/m0/s1. The summed E-state index contributed by atoms with van der Waals surface area (Å²) in [5, 5.41) is 24.1. The summed E-state index contributed by atoms with van der Waals surface area (Å²) >= 11 is 0. The van der Waals surface area contributed by atoms with E-state index in [2.05, 4.69) is 26.6 Å². The molecule has 0 aromatic heterocycles. The van der Waals surface area contributed by atoms with Gasteiger partial charge in [0.15, 0.2) is 0 Å². The molecule has 1 heterocycles. The molecule has 7 atom stereocenters. The zero-order chi connectivity index (χ0) is 41.7. The van der Waals surface area contributed by atoms with Crippen molar-refractivity contribution >= 4 is 35.5 Å². The molecule has 2 aromatic carbocycles. The third kappa shape index (κ3) is 15.2. The van der Waals surface area contributed by atoms with Gasteiger partial charge in [0.1, 0.15) is 24.2 Å². The van der Waals surface area contributed by atoms with Crippen LogP contribution in [0.4, 0.5) is 0 Å². The molecule has 15 nitrogen and oxygen atoms in total. The Hall–Kier alpha value is -4.86. The Balaban J connectivity index is 1.69. The van der Waals surface area contributed by atoms with Crippen LogP contribution in [0.25, 0.3) is 0 Å². The first-order valence-corrected chi connectivity index (χ1v) is 20.4. The number of amides is 5. The lowest BCUT2D eigenvalue weighted by molar-refractivity contribution is -0.144. The number of nitrogens with zero attached hydrogens (tertiary/aromatic N) is 1. The molecular weight excluding hydrogens is 729 g/mol. The molecule has 5 amide bonds. The molecule has 1 aliphatic heterocycles. The number of likely N-dealkylation sites (tertiary alicyclic amines) is 1. The van der Waals surface area contributed by atoms with Crippen LogP contribution in [0, 0.1) is 5.92 Å². The van der Waals surface area contributed by atoms with Crippen LogP contribution in [0.1, 0.15) is 89.7 Å². The molecule has 3 rings (SSSR count). The van der Waals surface area contributed by atoms with E-state index >= 15 is 0 Å². The van der Waals surface area contributed by atoms with Crippen molar-refractivity contribution in [2.75, 3.05) is 19.8 Å². The van der Waals surface area contributed by atoms with Crippen LogP contribution in [-0.2, 0) is 41.6 Å². The Kier molecular flexibility index (Phi) is 20.2. The van der Waals surface area contributed by atoms with Gasteiger partial charge in [-0.05, 0) is 55.7 Å². The summed E-state index contributed by atoms with van der Waals surface area (Å²) in [5.74, 6) is -3.76. The minimum absolute atomic E-state index is 0.0964. The summed E-state index contributed by atoms with van der Waals surface area (Å²) in [5.41, 5.74) is 13.5. The molecule has 0 radical (unpaired) electrons. The molecule has 0 spiro atoms. The number of unbranched alkanes of at least 4 members (excludes halogenated alkanes) is 2. The lowest BCUT2D eigenvalue weighted by Crippen LogP contribution is -2.59. The topological polar surface area (TPSA) is 238 Å². The number of benzene rings is 2. The van der Waals surface area contributed by atoms with Crippen molar-refractivity contribution in [3.05, 3.63) is 71.8 Å². The van der Waals surface area contributed by atoms with Crippen LogP contribution in [0.15, 0.2) is 60.7 Å². The third-order valence-electron chi connectivity index (χ3n) is 10.5. The molecule has 1 aliphatic rings. The molecule has 10 N–H and O–H groups in total. The molecule has 15 heteroatoms. The lowest BCUT2D eigenvalue weighted by atomic mass is 9.97. The Morgan fingerprint density at radius 1 is 0.789 bits per heavy atom. The van der Waals surface area contributed by atoms with Crippen LogP contribution in [0.3, 0.4) is 0 Å². The number of carboxylic acids is 1. The van der Waals surface area contributed by atoms with E-state index in [0.717, 1.165) is 24.0 Å². The van der Waals surface area contributed by atoms with Gasteiger partial charge in [0.25, 0.3) is 0 Å². The molecule has 0 unspecified atom stereocenters. The largest absolute Gasteiger partial charge is 0.480 e. The van der Waals surface area contributed by atoms with E-state index in [1.807, 2.05) is 57.2 Å². The van der Waals surface area contributed by atoms with E-state index in [1.165, 1.54) is 4.90 Å². The minimum atomic E-state index is -1.17. The van der Waals surface area contributed by atoms with Crippen molar-refractivity contribution in [2.24, 2.45) is 17.4 Å². The highest BCUT2D eigenvalue weighted by molar-refractivity contribution is 5.94. The number of carbonyl (C=O) groups is 6. The average Bonchev–Trinajstić information content (AvgIpc) is 3.71. The number of hydrogen-bond acceptors (Lipinski definition) is 9. The molecule has 57 heavy (non-hydrogen) atoms. The first-order valence-electron chi connectivity index (χ1n) is 20.4. The second-order valence-electron chi connectivity index (χ2n) is 14.9. The van der Waals surface area contributed by atoms with E-state index in [0.29, 0.717) is 58.0 Å². The van der Waals surface area contributed by atoms with Gasteiger partial charge < -0.3 is 42.7 Å². The van der Waals surface area contributed by atoms with Gasteiger partial charge in [-0.15, -0.1) is 0 Å². The highest BCUT2D eigenvalue weighted by atomic mass is 16.4. The van der Waals surface area contributed by atoms with E-state index in [-0.39, 0.29) is 31.3 Å². The van der Waals surface area contributed by atoms with Gasteiger partial charge in [-0.25, -0.2) is 4.79 Å². The fourth-order valence-electron chi connectivity index (χ4n) is 6.85. The number of aliphatic carboxylic acids is 1. The lowest BCUT2D eigenvalue weighted by Gasteiger charge is -2.30. The van der Waals surface area contributed by atoms with E-state index in [1.54, 1.807) is 24.3 Å². The maximum atomic E-state index is 14.0. The van der Waals surface area contributed by atoms with Gasteiger partial charge in [0.05, 0.1) is 18.8 Å². The van der Waals surface area contributed by atoms with Crippen molar-refractivity contribution in [1.82, 2.24) is 31.5 Å². The maximum absolute atomic E-state index is 14.0. The number of carboxylic acid groups (broad SMARTS) is 1. The fourth-order valence-corrected chi connectivity index (χ4v) is 6.85. The zero-order valence-electron chi connectivity index (χ0n) is 33.7. The normalized spacial score (nSPS) is 17.0. The fraction of sp³-hybridized carbons (Fsp3) is 0.571. The summed E-state index contributed by atoms with van der Waals surface area (Å²) in [6, 6.07) is 12.8. The van der Waals surface area contributed by atoms with Crippen LogP contribution in [0.5, 0.6) is 0 Å². The van der Waals surface area contributed by atoms with Gasteiger partial charge in [0.2, 0.25) is 29.5 Å². The Morgan fingerprint density at radius 3 is 2.00 bits per heavy atom. The first kappa shape index (κ1) is 46.5. The average molecular weight is 793 g/mol. The van der Waals surface area contributed by atoms with Crippen LogP contribution in [0.2, 0.25) is 0 Å². The number of carbonyl (C=O) groups excluding carboxylic acids is 5. The van der Waals surface area contributed by atoms with Crippen LogP contribution in [-0.4, -0.2) is 102 Å². The highest BCUT2D eigenvalue weighted by Crippen LogP contribution is 2.21. The quantitative estimate of drug-likeness (QED) is 0.0535. The molecule has 2 aromatic rings. The van der Waals surface area contributed by atoms with Crippen LogP contribution >= 0.6 is 0 Å². The maximum Gasteiger partial charge on any atom is 0.326 e.